The third kappa shape index (κ3) is 8.99. The first-order chi connectivity index (χ1) is 22.5. The minimum Gasteiger partial charge on any atom is -0.474 e. The summed E-state index contributed by atoms with van der Waals surface area (Å²) in [4.78, 5) is 2.41. The molecule has 47 heavy (non-hydrogen) atoms. The van der Waals surface area contributed by atoms with Crippen molar-refractivity contribution in [2.24, 2.45) is 23.7 Å². The molecule has 8 unspecified atom stereocenters. The van der Waals surface area contributed by atoms with Crippen LogP contribution in [0.4, 0.5) is 0 Å². The van der Waals surface area contributed by atoms with Crippen LogP contribution >= 0.6 is 11.8 Å². The standard InChI is InChI=1S/C35H56N2O7S3/c1-2-25(21-33-36(17-7-9-19-46(38,39)40)31-23-27-12-3-4-13-28(27)24-32(31)44-33)22-34-37(18-8-10-20-47(41,42)43)30-16-15-26-11-5-6-14-29(26)35(30)45-34/h21-22,26-32,35H,2-20,23-24H2,1H3,(H-,38,39,40,41,42,43)/p+1. The molecular formula is C35H57N2O7S3+. The summed E-state index contributed by atoms with van der Waals surface area (Å²) in [6.45, 7) is 3.70. The van der Waals surface area contributed by atoms with Crippen LogP contribution in [0.1, 0.15) is 116 Å². The second kappa shape index (κ2) is 15.4. The Morgan fingerprint density at radius 1 is 0.872 bits per heavy atom. The van der Waals surface area contributed by atoms with E-state index in [1.54, 1.807) is 0 Å². The van der Waals surface area contributed by atoms with Gasteiger partial charge in [0, 0.05) is 31.5 Å². The van der Waals surface area contributed by atoms with Crippen LogP contribution in [0.5, 0.6) is 0 Å². The second-order valence-electron chi connectivity index (χ2n) is 15.2. The van der Waals surface area contributed by atoms with Gasteiger partial charge in [-0.05, 0) is 92.4 Å². The molecule has 0 radical (unpaired) electrons. The van der Waals surface area contributed by atoms with Crippen LogP contribution in [-0.2, 0) is 25.0 Å². The van der Waals surface area contributed by atoms with Gasteiger partial charge >= 0.3 is 0 Å². The van der Waals surface area contributed by atoms with E-state index in [1.807, 2.05) is 11.8 Å². The van der Waals surface area contributed by atoms with E-state index in [2.05, 4.69) is 28.6 Å². The van der Waals surface area contributed by atoms with Crippen LogP contribution in [0.2, 0.25) is 0 Å². The molecule has 0 aromatic carbocycles. The molecule has 0 bridgehead atoms. The van der Waals surface area contributed by atoms with Crippen molar-refractivity contribution in [3.8, 4) is 0 Å². The second-order valence-corrected chi connectivity index (χ2v) is 19.5. The number of allylic oxidation sites excluding steroid dienone is 2. The Labute approximate surface area is 287 Å². The highest BCUT2D eigenvalue weighted by Crippen LogP contribution is 2.50. The van der Waals surface area contributed by atoms with Crippen molar-refractivity contribution < 1.29 is 35.3 Å². The summed E-state index contributed by atoms with van der Waals surface area (Å²) in [7, 11) is -7.93. The number of nitrogens with zero attached hydrogens (tertiary/aromatic N) is 2. The van der Waals surface area contributed by atoms with Gasteiger partial charge in [-0.1, -0.05) is 51.9 Å². The first-order valence-electron chi connectivity index (χ1n) is 18.5. The molecule has 9 nitrogen and oxygen atoms in total. The molecule has 12 heteroatoms. The number of rotatable bonds is 13. The lowest BCUT2D eigenvalue weighted by Crippen LogP contribution is -2.44. The summed E-state index contributed by atoms with van der Waals surface area (Å²) in [5.41, 5.74) is 1.21. The highest BCUT2D eigenvalue weighted by atomic mass is 32.2. The van der Waals surface area contributed by atoms with Crippen molar-refractivity contribution >= 4 is 37.0 Å². The van der Waals surface area contributed by atoms with Crippen LogP contribution in [0.15, 0.2) is 23.6 Å². The predicted molar refractivity (Wildman–Crippen MR) is 188 cm³/mol. The molecule has 0 amide bonds. The summed E-state index contributed by atoms with van der Waals surface area (Å²) in [6.07, 6.45) is 23.1. The molecule has 4 aliphatic carbocycles. The summed E-state index contributed by atoms with van der Waals surface area (Å²) < 4.78 is 73.6. The van der Waals surface area contributed by atoms with Gasteiger partial charge in [-0.3, -0.25) is 9.11 Å². The number of ether oxygens (including phenoxy) is 1. The van der Waals surface area contributed by atoms with E-state index in [4.69, 9.17) is 4.74 Å². The summed E-state index contributed by atoms with van der Waals surface area (Å²) in [5.74, 6) is 3.55. The SMILES string of the molecule is CCC(=CC1=[N+](CCCCS(=O)(=O)O)C2CCC3CCCCC3C2S1)C=C1OC2CC3CCCCC3CC2N1CCCCS(=O)(=O)O. The maximum absolute atomic E-state index is 11.4. The number of hydrogen-bond acceptors (Lipinski definition) is 7. The van der Waals surface area contributed by atoms with E-state index in [-0.39, 0.29) is 17.6 Å². The molecule has 8 atom stereocenters. The van der Waals surface area contributed by atoms with Crippen molar-refractivity contribution in [1.29, 1.82) is 0 Å². The van der Waals surface area contributed by atoms with E-state index < -0.39 is 20.2 Å². The van der Waals surface area contributed by atoms with Crippen molar-refractivity contribution in [1.82, 2.24) is 4.90 Å². The normalized spacial score (nSPS) is 35.3. The quantitative estimate of drug-likeness (QED) is 0.122. The molecular weight excluding hydrogens is 657 g/mol. The van der Waals surface area contributed by atoms with Crippen LogP contribution in [0, 0.1) is 23.7 Å². The third-order valence-electron chi connectivity index (χ3n) is 12.2. The Morgan fingerprint density at radius 3 is 2.23 bits per heavy atom. The maximum Gasteiger partial charge on any atom is 0.264 e. The maximum atomic E-state index is 11.4. The Balaban J connectivity index is 1.25. The summed E-state index contributed by atoms with van der Waals surface area (Å²) in [6, 6.07) is 0.777. The molecule has 0 spiro atoms. The summed E-state index contributed by atoms with van der Waals surface area (Å²) >= 11 is 2.04. The average molecular weight is 714 g/mol. The highest BCUT2D eigenvalue weighted by molar-refractivity contribution is 8.14. The zero-order chi connectivity index (χ0) is 33.2. The molecule has 6 rings (SSSR count). The van der Waals surface area contributed by atoms with E-state index in [0.717, 1.165) is 68.3 Å². The van der Waals surface area contributed by atoms with Crippen molar-refractivity contribution in [2.75, 3.05) is 24.6 Å². The minimum atomic E-state index is -3.97. The minimum absolute atomic E-state index is 0.166. The fraction of sp³-hybridized carbons (Fsp3) is 0.857. The Bertz CT molecular complexity index is 1430. The first-order valence-corrected chi connectivity index (χ1v) is 22.6. The van der Waals surface area contributed by atoms with E-state index in [9.17, 15) is 25.9 Å². The first kappa shape index (κ1) is 35.7. The Hall–Kier alpha value is -1.08. The van der Waals surface area contributed by atoms with Crippen LogP contribution in [0.3, 0.4) is 0 Å². The van der Waals surface area contributed by atoms with Gasteiger partial charge in [-0.2, -0.15) is 16.8 Å². The van der Waals surface area contributed by atoms with Gasteiger partial charge in [0.15, 0.2) is 11.9 Å². The monoisotopic (exact) mass is 713 g/mol. The predicted octanol–water partition coefficient (Wildman–Crippen LogP) is 6.67. The lowest BCUT2D eigenvalue weighted by atomic mass is 9.68. The largest absolute Gasteiger partial charge is 0.474 e. The van der Waals surface area contributed by atoms with Gasteiger partial charge in [0.25, 0.3) is 20.2 Å². The Kier molecular flexibility index (Phi) is 11.7. The Morgan fingerprint density at radius 2 is 1.53 bits per heavy atom. The molecule has 5 fully saturated rings. The molecule has 2 N–H and O–H groups in total. The molecule has 266 valence electrons. The fourth-order valence-electron chi connectivity index (χ4n) is 9.88. The molecule has 4 saturated carbocycles. The van der Waals surface area contributed by atoms with E-state index >= 15 is 0 Å². The lowest BCUT2D eigenvalue weighted by Gasteiger charge is -2.42. The molecule has 6 aliphatic rings. The average Bonchev–Trinajstić information content (AvgIpc) is 3.55. The van der Waals surface area contributed by atoms with Gasteiger partial charge in [-0.15, -0.1) is 0 Å². The van der Waals surface area contributed by atoms with Gasteiger partial charge in [0.05, 0.1) is 22.8 Å². The molecule has 0 aromatic rings. The smallest absolute Gasteiger partial charge is 0.264 e. The van der Waals surface area contributed by atoms with Gasteiger partial charge < -0.3 is 9.64 Å². The van der Waals surface area contributed by atoms with Gasteiger partial charge in [0.1, 0.15) is 12.6 Å². The van der Waals surface area contributed by atoms with Crippen LogP contribution < -0.4 is 0 Å². The molecule has 0 aromatic heterocycles. The van der Waals surface area contributed by atoms with Crippen molar-refractivity contribution in [3.05, 3.63) is 23.6 Å². The third-order valence-corrected chi connectivity index (χ3v) is 15.3. The van der Waals surface area contributed by atoms with Gasteiger partial charge in [0.2, 0.25) is 5.04 Å². The number of fused-ring (bicyclic) bond motifs is 5. The van der Waals surface area contributed by atoms with Crippen molar-refractivity contribution in [2.45, 2.75) is 140 Å². The molecule has 2 aliphatic heterocycles. The number of thioether (sulfide) groups is 1. The summed E-state index contributed by atoms with van der Waals surface area (Å²) in [5, 5.41) is 1.86. The topological polar surface area (TPSA) is 124 Å². The van der Waals surface area contributed by atoms with Crippen LogP contribution in [0.25, 0.3) is 0 Å². The zero-order valence-corrected chi connectivity index (χ0v) is 30.6. The molecule has 1 saturated heterocycles. The van der Waals surface area contributed by atoms with Crippen molar-refractivity contribution in [3.63, 3.8) is 0 Å². The van der Waals surface area contributed by atoms with E-state index in [1.165, 1.54) is 74.8 Å². The number of unbranched alkanes of at least 4 members (excludes halogenated alkanes) is 2. The number of hydrogen-bond donors (Lipinski definition) is 2. The van der Waals surface area contributed by atoms with Crippen LogP contribution in [-0.4, -0.2) is 88.5 Å². The highest BCUT2D eigenvalue weighted by Gasteiger charge is 2.51. The molecule has 2 heterocycles. The van der Waals surface area contributed by atoms with E-state index in [0.29, 0.717) is 36.6 Å². The zero-order valence-electron chi connectivity index (χ0n) is 28.2. The lowest BCUT2D eigenvalue weighted by molar-refractivity contribution is -0.564. The fourth-order valence-corrected chi connectivity index (χ4v) is 12.8. The van der Waals surface area contributed by atoms with Gasteiger partial charge in [-0.25, -0.2) is 4.58 Å².